The second-order valence-corrected chi connectivity index (χ2v) is 6.19. The number of anilines is 1. The molecular formula is C17H22N2. The number of hydrogen-bond acceptors (Lipinski definition) is 2. The molecule has 0 spiro atoms. The molecule has 0 amide bonds. The van der Waals surface area contributed by atoms with Gasteiger partial charge in [0, 0.05) is 24.3 Å². The molecule has 0 aromatic heterocycles. The molecule has 19 heavy (non-hydrogen) atoms. The summed E-state index contributed by atoms with van der Waals surface area (Å²) in [5, 5.41) is 3.60. The predicted octanol–water partition coefficient (Wildman–Crippen LogP) is 3.62. The Kier molecular flexibility index (Phi) is 2.98. The van der Waals surface area contributed by atoms with Gasteiger partial charge in [-0.15, -0.1) is 0 Å². The van der Waals surface area contributed by atoms with Crippen LogP contribution in [0.2, 0.25) is 0 Å². The first kappa shape index (κ1) is 12.5. The fourth-order valence-corrected chi connectivity index (χ4v) is 2.83. The summed E-state index contributed by atoms with van der Waals surface area (Å²) in [6.45, 7) is 6.61. The topological polar surface area (TPSA) is 15.3 Å². The van der Waals surface area contributed by atoms with Crippen molar-refractivity contribution < 1.29 is 0 Å². The maximum atomic E-state index is 3.60. The lowest BCUT2D eigenvalue weighted by Crippen LogP contribution is -2.30. The Balaban J connectivity index is 2.01. The van der Waals surface area contributed by atoms with Crippen LogP contribution in [0, 0.1) is 0 Å². The van der Waals surface area contributed by atoms with Crippen molar-refractivity contribution in [1.29, 1.82) is 0 Å². The number of likely N-dealkylation sites (N-methyl/N-ethyl adjacent to an activating group) is 1. The van der Waals surface area contributed by atoms with Gasteiger partial charge in [-0.3, -0.25) is 0 Å². The highest BCUT2D eigenvalue weighted by molar-refractivity contribution is 5.83. The zero-order valence-electron chi connectivity index (χ0n) is 12.0. The van der Waals surface area contributed by atoms with Crippen molar-refractivity contribution in [3.8, 4) is 0 Å². The molecule has 100 valence electrons. The van der Waals surface area contributed by atoms with Gasteiger partial charge in [0.1, 0.15) is 0 Å². The Morgan fingerprint density at radius 3 is 2.84 bits per heavy atom. The van der Waals surface area contributed by atoms with Gasteiger partial charge in [-0.05, 0) is 44.5 Å². The molecule has 1 aromatic carbocycles. The Hall–Kier alpha value is -1.54. The standard InChI is InChI=1S/C17H22N2/c1-17(2)10-7-15-14(5-4-6-16(15)18-17)13-8-11-19(3)12-9-13/h4-8,10,18H,9,11-12H2,1-3H3. The average molecular weight is 254 g/mol. The molecule has 1 N–H and O–H groups in total. The van der Waals surface area contributed by atoms with Crippen LogP contribution in [-0.4, -0.2) is 30.6 Å². The molecule has 2 heterocycles. The molecule has 3 rings (SSSR count). The fraction of sp³-hybridized carbons (Fsp3) is 0.412. The molecule has 2 heteroatoms. The largest absolute Gasteiger partial charge is 0.376 e. The summed E-state index contributed by atoms with van der Waals surface area (Å²) < 4.78 is 0. The number of benzene rings is 1. The van der Waals surface area contributed by atoms with Crippen LogP contribution in [0.5, 0.6) is 0 Å². The molecule has 1 aromatic rings. The van der Waals surface area contributed by atoms with E-state index in [1.165, 1.54) is 22.4 Å². The molecule has 0 fully saturated rings. The van der Waals surface area contributed by atoms with E-state index in [0.717, 1.165) is 19.5 Å². The van der Waals surface area contributed by atoms with E-state index < -0.39 is 0 Å². The van der Waals surface area contributed by atoms with E-state index in [9.17, 15) is 0 Å². The number of nitrogens with zero attached hydrogens (tertiary/aromatic N) is 1. The number of hydrogen-bond donors (Lipinski definition) is 1. The predicted molar refractivity (Wildman–Crippen MR) is 83.3 cm³/mol. The van der Waals surface area contributed by atoms with Crippen molar-refractivity contribution in [2.24, 2.45) is 0 Å². The smallest absolute Gasteiger partial charge is 0.0503 e. The van der Waals surface area contributed by atoms with Gasteiger partial charge in [0.2, 0.25) is 0 Å². The van der Waals surface area contributed by atoms with Crippen molar-refractivity contribution in [3.63, 3.8) is 0 Å². The van der Waals surface area contributed by atoms with Crippen LogP contribution in [0.25, 0.3) is 11.6 Å². The van der Waals surface area contributed by atoms with Crippen LogP contribution in [0.4, 0.5) is 5.69 Å². The number of fused-ring (bicyclic) bond motifs is 1. The van der Waals surface area contributed by atoms with E-state index >= 15 is 0 Å². The van der Waals surface area contributed by atoms with Crippen LogP contribution >= 0.6 is 0 Å². The lowest BCUT2D eigenvalue weighted by atomic mass is 9.89. The fourth-order valence-electron chi connectivity index (χ4n) is 2.83. The SMILES string of the molecule is CN1CC=C(c2cccc3c2C=CC(C)(C)N3)CC1. The monoisotopic (exact) mass is 254 g/mol. The van der Waals surface area contributed by atoms with Crippen LogP contribution < -0.4 is 5.32 Å². The van der Waals surface area contributed by atoms with Crippen LogP contribution in [0.15, 0.2) is 30.4 Å². The van der Waals surface area contributed by atoms with Crippen molar-refractivity contribution >= 4 is 17.3 Å². The maximum absolute atomic E-state index is 3.60. The first-order valence-corrected chi connectivity index (χ1v) is 7.03. The first-order chi connectivity index (χ1) is 9.05. The normalized spacial score (nSPS) is 21.5. The third-order valence-corrected chi connectivity index (χ3v) is 3.99. The molecule has 2 aliphatic heterocycles. The molecular weight excluding hydrogens is 232 g/mol. The zero-order chi connectivity index (χ0) is 13.5. The Labute approximate surface area is 115 Å². The molecule has 0 atom stereocenters. The van der Waals surface area contributed by atoms with Gasteiger partial charge in [0.15, 0.2) is 0 Å². The summed E-state index contributed by atoms with van der Waals surface area (Å²) in [7, 11) is 2.18. The van der Waals surface area contributed by atoms with Gasteiger partial charge in [-0.2, -0.15) is 0 Å². The van der Waals surface area contributed by atoms with Gasteiger partial charge in [0.25, 0.3) is 0 Å². The quantitative estimate of drug-likeness (QED) is 0.823. The van der Waals surface area contributed by atoms with E-state index in [2.05, 4.69) is 67.5 Å². The van der Waals surface area contributed by atoms with Crippen molar-refractivity contribution in [2.45, 2.75) is 25.8 Å². The summed E-state index contributed by atoms with van der Waals surface area (Å²) >= 11 is 0. The number of nitrogens with one attached hydrogen (secondary N) is 1. The lowest BCUT2D eigenvalue weighted by molar-refractivity contribution is 0.370. The number of rotatable bonds is 1. The zero-order valence-corrected chi connectivity index (χ0v) is 12.0. The molecule has 0 saturated carbocycles. The first-order valence-electron chi connectivity index (χ1n) is 7.03. The third kappa shape index (κ3) is 2.45. The lowest BCUT2D eigenvalue weighted by Gasteiger charge is -2.31. The van der Waals surface area contributed by atoms with E-state index in [1.807, 2.05) is 0 Å². The second kappa shape index (κ2) is 4.53. The minimum atomic E-state index is 0.0484. The van der Waals surface area contributed by atoms with Crippen molar-refractivity contribution in [1.82, 2.24) is 4.90 Å². The summed E-state index contributed by atoms with van der Waals surface area (Å²) in [6.07, 6.45) is 8.05. The highest BCUT2D eigenvalue weighted by Gasteiger charge is 2.22. The summed E-state index contributed by atoms with van der Waals surface area (Å²) in [5.41, 5.74) is 5.53. The van der Waals surface area contributed by atoms with Crippen LogP contribution in [0.3, 0.4) is 0 Å². The molecule has 0 unspecified atom stereocenters. The van der Waals surface area contributed by atoms with Gasteiger partial charge in [0.05, 0.1) is 5.54 Å². The molecule has 0 radical (unpaired) electrons. The van der Waals surface area contributed by atoms with E-state index in [1.54, 1.807) is 0 Å². The summed E-state index contributed by atoms with van der Waals surface area (Å²) in [4.78, 5) is 2.36. The average Bonchev–Trinajstić information content (AvgIpc) is 2.37. The third-order valence-electron chi connectivity index (χ3n) is 3.99. The van der Waals surface area contributed by atoms with Crippen LogP contribution in [-0.2, 0) is 0 Å². The summed E-state index contributed by atoms with van der Waals surface area (Å²) in [6, 6.07) is 6.59. The maximum Gasteiger partial charge on any atom is 0.0503 e. The second-order valence-electron chi connectivity index (χ2n) is 6.19. The van der Waals surface area contributed by atoms with Gasteiger partial charge in [-0.1, -0.05) is 30.4 Å². The molecule has 2 nitrogen and oxygen atoms in total. The van der Waals surface area contributed by atoms with Crippen molar-refractivity contribution in [3.05, 3.63) is 41.5 Å². The van der Waals surface area contributed by atoms with E-state index in [4.69, 9.17) is 0 Å². The van der Waals surface area contributed by atoms with E-state index in [-0.39, 0.29) is 5.54 Å². The highest BCUT2D eigenvalue weighted by Crippen LogP contribution is 2.35. The summed E-state index contributed by atoms with van der Waals surface area (Å²) in [5.74, 6) is 0. The Bertz CT molecular complexity index is 552. The van der Waals surface area contributed by atoms with E-state index in [0.29, 0.717) is 0 Å². The molecule has 0 bridgehead atoms. The minimum Gasteiger partial charge on any atom is -0.376 e. The Morgan fingerprint density at radius 2 is 2.11 bits per heavy atom. The Morgan fingerprint density at radius 1 is 1.26 bits per heavy atom. The molecule has 2 aliphatic rings. The van der Waals surface area contributed by atoms with Gasteiger partial charge < -0.3 is 10.2 Å². The van der Waals surface area contributed by atoms with Gasteiger partial charge in [-0.25, -0.2) is 0 Å². The molecule has 0 saturated heterocycles. The van der Waals surface area contributed by atoms with Crippen molar-refractivity contribution in [2.75, 3.05) is 25.5 Å². The highest BCUT2D eigenvalue weighted by atomic mass is 15.1. The van der Waals surface area contributed by atoms with Gasteiger partial charge >= 0.3 is 0 Å². The van der Waals surface area contributed by atoms with Crippen LogP contribution in [0.1, 0.15) is 31.4 Å². The minimum absolute atomic E-state index is 0.0484. The molecule has 0 aliphatic carbocycles.